The summed E-state index contributed by atoms with van der Waals surface area (Å²) in [6.07, 6.45) is 98.8. The van der Waals surface area contributed by atoms with Gasteiger partial charge in [-0.3, -0.25) is 14.2 Å². The van der Waals surface area contributed by atoms with Crippen LogP contribution in [0.1, 0.15) is 386 Å². The van der Waals surface area contributed by atoms with Crippen LogP contribution < -0.4 is 4.89 Å². The van der Waals surface area contributed by atoms with E-state index in [1.54, 1.807) is 0 Å². The average molecular weight is 1310 g/mol. The number of phosphoric ester groups is 1. The topological polar surface area (TPSA) is 111 Å². The number of hydrogen-bond donors (Lipinski definition) is 0. The third-order valence-electron chi connectivity index (χ3n) is 17.7. The molecule has 0 aliphatic rings. The molecule has 10 heteroatoms. The minimum absolute atomic E-state index is 0.0291. The van der Waals surface area contributed by atoms with Crippen molar-refractivity contribution in [3.63, 3.8) is 0 Å². The predicted molar refractivity (Wildman–Crippen MR) is 397 cm³/mol. The van der Waals surface area contributed by atoms with Crippen molar-refractivity contribution in [2.75, 3.05) is 47.5 Å². The Labute approximate surface area is 571 Å². The third kappa shape index (κ3) is 76.5. The molecule has 0 aromatic rings. The largest absolute Gasteiger partial charge is 0.756 e. The highest BCUT2D eigenvalue weighted by atomic mass is 31.2. The highest BCUT2D eigenvalue weighted by molar-refractivity contribution is 7.45. The van der Waals surface area contributed by atoms with Gasteiger partial charge >= 0.3 is 11.9 Å². The number of hydrogen-bond acceptors (Lipinski definition) is 8. The average Bonchev–Trinajstić information content (AvgIpc) is 2.34. The Morgan fingerprint density at radius 1 is 0.348 bits per heavy atom. The van der Waals surface area contributed by atoms with Crippen LogP contribution in [0.2, 0.25) is 0 Å². The molecule has 0 saturated heterocycles. The zero-order chi connectivity index (χ0) is 66.9. The normalized spacial score (nSPS) is 13.4. The van der Waals surface area contributed by atoms with Gasteiger partial charge in [0.15, 0.2) is 6.10 Å². The number of carbonyl (C=O) groups excluding carboxylic acids is 2. The lowest BCUT2D eigenvalue weighted by molar-refractivity contribution is -0.870. The van der Waals surface area contributed by atoms with Crippen LogP contribution in [0.4, 0.5) is 0 Å². The Kier molecular flexibility index (Phi) is 70.7. The number of ether oxygens (including phenoxy) is 2. The lowest BCUT2D eigenvalue weighted by Crippen LogP contribution is -2.37. The van der Waals surface area contributed by atoms with Crippen LogP contribution in [0.25, 0.3) is 0 Å². The standard InChI is InChI=1S/C82H152NO8P/c1-6-8-10-12-14-16-18-20-22-24-26-28-30-32-34-36-38-39-40-41-42-43-45-47-49-51-53-55-57-59-61-63-65-67-69-71-73-75-82(85)91-80(79-90-92(86,87)89-77-76-83(3,4)5)78-88-81(84)74-72-70-68-66-64-62-60-58-56-54-52-50-48-46-44-37-35-33-31-29-27-25-23-21-19-17-15-13-11-9-7-2/h8,10,14,16,20,22,25-28,32,34,80H,6-7,9,11-13,15,17-19,21,23-24,29-31,33,35-79H2,1-5H3/b10-8-,16-14-,22-20-,27-25-,28-26-,34-32-. The second-order valence-electron chi connectivity index (χ2n) is 28.0. The summed E-state index contributed by atoms with van der Waals surface area (Å²) in [5.74, 6) is -0.812. The van der Waals surface area contributed by atoms with Gasteiger partial charge in [0.1, 0.15) is 19.8 Å². The number of likely N-dealkylation sites (N-methyl/N-ethyl adjacent to an activating group) is 1. The number of esters is 2. The van der Waals surface area contributed by atoms with Crippen molar-refractivity contribution in [3.8, 4) is 0 Å². The molecule has 0 aromatic heterocycles. The molecule has 9 nitrogen and oxygen atoms in total. The van der Waals surface area contributed by atoms with E-state index in [2.05, 4.69) is 86.8 Å². The third-order valence-corrected chi connectivity index (χ3v) is 18.7. The van der Waals surface area contributed by atoms with Crippen LogP contribution >= 0.6 is 7.82 Å². The summed E-state index contributed by atoms with van der Waals surface area (Å²) in [5.41, 5.74) is 0. The van der Waals surface area contributed by atoms with Gasteiger partial charge in [-0.25, -0.2) is 0 Å². The van der Waals surface area contributed by atoms with E-state index in [0.717, 1.165) is 64.2 Å². The van der Waals surface area contributed by atoms with Crippen molar-refractivity contribution >= 4 is 19.8 Å². The molecule has 0 spiro atoms. The van der Waals surface area contributed by atoms with Crippen LogP contribution in [-0.4, -0.2) is 70.0 Å². The van der Waals surface area contributed by atoms with E-state index >= 15 is 0 Å². The molecule has 0 radical (unpaired) electrons. The fourth-order valence-corrected chi connectivity index (χ4v) is 12.4. The minimum Gasteiger partial charge on any atom is -0.756 e. The number of carbonyl (C=O) groups is 2. The first kappa shape index (κ1) is 89.5. The molecule has 0 fully saturated rings. The lowest BCUT2D eigenvalue weighted by Gasteiger charge is -2.28. The van der Waals surface area contributed by atoms with Gasteiger partial charge in [-0.2, -0.15) is 0 Å². The maximum atomic E-state index is 12.9. The van der Waals surface area contributed by atoms with Gasteiger partial charge in [-0.05, 0) is 83.5 Å². The molecule has 2 atom stereocenters. The van der Waals surface area contributed by atoms with E-state index in [0.29, 0.717) is 17.4 Å². The first-order valence-electron chi connectivity index (χ1n) is 39.6. The SMILES string of the molecule is CC/C=C\C/C=C\C/C=C\C/C=C\C/C=C\CCCCCCCCCCCCCCCCCCCCCCCC(=O)OC(COC(=O)CCCCCCCCCCCCCCCCCCCCC/C=C\CCCCCCCCCC)COP(=O)([O-])OCC[N+](C)(C)C. The van der Waals surface area contributed by atoms with Crippen LogP contribution in [-0.2, 0) is 32.7 Å². The van der Waals surface area contributed by atoms with Crippen molar-refractivity contribution in [1.82, 2.24) is 0 Å². The second kappa shape index (κ2) is 72.7. The lowest BCUT2D eigenvalue weighted by atomic mass is 10.0. The fraction of sp³-hybridized carbons (Fsp3) is 0.829. The molecule has 92 heavy (non-hydrogen) atoms. The van der Waals surface area contributed by atoms with E-state index in [4.69, 9.17) is 18.5 Å². The Balaban J connectivity index is 3.93. The van der Waals surface area contributed by atoms with Gasteiger partial charge in [0.25, 0.3) is 7.82 Å². The zero-order valence-electron chi connectivity index (χ0n) is 61.5. The molecule has 0 aliphatic heterocycles. The monoisotopic (exact) mass is 1310 g/mol. The molecule has 2 unspecified atom stereocenters. The number of quaternary nitrogens is 1. The Bertz CT molecular complexity index is 1780. The molecular formula is C82H152NO8P. The fourth-order valence-electron chi connectivity index (χ4n) is 11.7. The summed E-state index contributed by atoms with van der Waals surface area (Å²) in [7, 11) is 1.18. The molecule has 0 saturated carbocycles. The van der Waals surface area contributed by atoms with Crippen molar-refractivity contribution in [1.29, 1.82) is 0 Å². The highest BCUT2D eigenvalue weighted by Crippen LogP contribution is 2.38. The Hall–Kier alpha value is -2.55. The maximum absolute atomic E-state index is 12.9. The zero-order valence-corrected chi connectivity index (χ0v) is 62.4. The summed E-state index contributed by atoms with van der Waals surface area (Å²) in [5, 5.41) is 0. The van der Waals surface area contributed by atoms with Gasteiger partial charge in [-0.15, -0.1) is 0 Å². The summed E-state index contributed by atoms with van der Waals surface area (Å²) in [6, 6.07) is 0. The number of rotatable bonds is 74. The van der Waals surface area contributed by atoms with Crippen LogP contribution in [0.3, 0.4) is 0 Å². The molecule has 0 bridgehead atoms. The molecule has 0 aliphatic carbocycles. The van der Waals surface area contributed by atoms with E-state index < -0.39 is 26.5 Å². The van der Waals surface area contributed by atoms with Crippen LogP contribution in [0.5, 0.6) is 0 Å². The molecule has 0 rings (SSSR count). The van der Waals surface area contributed by atoms with Crippen molar-refractivity contribution in [2.45, 2.75) is 392 Å². The molecular weight excluding hydrogens is 1160 g/mol. The molecule has 0 aromatic carbocycles. The summed E-state index contributed by atoms with van der Waals surface area (Å²) in [4.78, 5) is 38.2. The molecule has 0 heterocycles. The number of phosphoric acid groups is 1. The highest BCUT2D eigenvalue weighted by Gasteiger charge is 2.22. The predicted octanol–water partition coefficient (Wildman–Crippen LogP) is 25.7. The van der Waals surface area contributed by atoms with Crippen LogP contribution in [0, 0.1) is 0 Å². The van der Waals surface area contributed by atoms with E-state index in [1.165, 1.54) is 289 Å². The van der Waals surface area contributed by atoms with Gasteiger partial charge < -0.3 is 27.9 Å². The summed E-state index contributed by atoms with van der Waals surface area (Å²) in [6.45, 7) is 4.19. The Morgan fingerprint density at radius 2 is 0.620 bits per heavy atom. The van der Waals surface area contributed by atoms with Crippen molar-refractivity contribution < 1.29 is 42.1 Å². The smallest absolute Gasteiger partial charge is 0.306 e. The van der Waals surface area contributed by atoms with Gasteiger partial charge in [0.2, 0.25) is 0 Å². The van der Waals surface area contributed by atoms with Crippen molar-refractivity contribution in [3.05, 3.63) is 72.9 Å². The van der Waals surface area contributed by atoms with E-state index in [1.807, 2.05) is 21.1 Å². The number of allylic oxidation sites excluding steroid dienone is 12. The van der Waals surface area contributed by atoms with Gasteiger partial charge in [-0.1, -0.05) is 363 Å². The number of unbranched alkanes of at least 4 members (excludes halogenated alkanes) is 48. The second-order valence-corrected chi connectivity index (χ2v) is 29.5. The minimum atomic E-state index is -4.64. The molecule has 0 N–H and O–H groups in total. The van der Waals surface area contributed by atoms with Gasteiger partial charge in [0.05, 0.1) is 27.7 Å². The van der Waals surface area contributed by atoms with Crippen molar-refractivity contribution in [2.24, 2.45) is 0 Å². The maximum Gasteiger partial charge on any atom is 0.306 e. The summed E-state index contributed by atoms with van der Waals surface area (Å²) < 4.78 is 34.4. The Morgan fingerprint density at radius 3 is 0.935 bits per heavy atom. The number of nitrogens with zero attached hydrogens (tertiary/aromatic N) is 1. The van der Waals surface area contributed by atoms with E-state index in [-0.39, 0.29) is 32.0 Å². The molecule has 538 valence electrons. The van der Waals surface area contributed by atoms with Gasteiger partial charge in [0, 0.05) is 12.8 Å². The quantitative estimate of drug-likeness (QED) is 0.0195. The molecule has 0 amide bonds. The first-order chi connectivity index (χ1) is 45.0. The van der Waals surface area contributed by atoms with E-state index in [9.17, 15) is 19.0 Å². The first-order valence-corrected chi connectivity index (χ1v) is 41.1. The summed E-state index contributed by atoms with van der Waals surface area (Å²) >= 11 is 0. The van der Waals surface area contributed by atoms with Crippen LogP contribution in [0.15, 0.2) is 72.9 Å².